The Morgan fingerprint density at radius 2 is 1.46 bits per heavy atom. The van der Waals surface area contributed by atoms with Gasteiger partial charge in [0.15, 0.2) is 0 Å². The second-order valence-electron chi connectivity index (χ2n) is 2.58. The highest BCUT2D eigenvalue weighted by molar-refractivity contribution is 5.68. The second kappa shape index (κ2) is 5.35. The third-order valence-corrected chi connectivity index (χ3v) is 1.37. The molecule has 0 saturated carbocycles. The fourth-order valence-corrected chi connectivity index (χ4v) is 0.648. The van der Waals surface area contributed by atoms with Crippen LogP contribution >= 0.6 is 0 Å². The van der Waals surface area contributed by atoms with E-state index in [1.807, 2.05) is 0 Å². The minimum Gasteiger partial charge on any atom is -0.421 e. The molecule has 0 N–H and O–H groups in total. The summed E-state index contributed by atoms with van der Waals surface area (Å²) in [7, 11) is 0. The highest BCUT2D eigenvalue weighted by Crippen LogP contribution is 2.08. The predicted octanol–water partition coefficient (Wildman–Crippen LogP) is 1.40. The lowest BCUT2D eigenvalue weighted by molar-refractivity contribution is -0.177. The van der Waals surface area contributed by atoms with Gasteiger partial charge in [0.1, 0.15) is 0 Å². The van der Waals surface area contributed by atoms with E-state index in [0.29, 0.717) is 5.57 Å². The van der Waals surface area contributed by atoms with Gasteiger partial charge in [-0.2, -0.15) is 0 Å². The standard InChI is InChI=1S/C9H14O4/c1-5-6(2)9(12-7(3)10)13-8(4)11/h5,9H,1-4H3/b6-5+. The Labute approximate surface area is 77.5 Å². The van der Waals surface area contributed by atoms with Crippen LogP contribution in [0.3, 0.4) is 0 Å². The second-order valence-corrected chi connectivity index (χ2v) is 2.58. The van der Waals surface area contributed by atoms with E-state index in [0.717, 1.165) is 0 Å². The molecule has 4 nitrogen and oxygen atoms in total. The van der Waals surface area contributed by atoms with Crippen molar-refractivity contribution < 1.29 is 19.1 Å². The molecule has 0 amide bonds. The van der Waals surface area contributed by atoms with Gasteiger partial charge in [0.05, 0.1) is 0 Å². The van der Waals surface area contributed by atoms with E-state index >= 15 is 0 Å². The fourth-order valence-electron chi connectivity index (χ4n) is 0.648. The van der Waals surface area contributed by atoms with E-state index in [4.69, 9.17) is 9.47 Å². The maximum absolute atomic E-state index is 10.6. The van der Waals surface area contributed by atoms with Gasteiger partial charge in [-0.25, -0.2) is 0 Å². The zero-order valence-corrected chi connectivity index (χ0v) is 8.29. The molecule has 0 fully saturated rings. The van der Waals surface area contributed by atoms with Crippen molar-refractivity contribution in [2.24, 2.45) is 0 Å². The topological polar surface area (TPSA) is 52.6 Å². The van der Waals surface area contributed by atoms with Gasteiger partial charge in [0.25, 0.3) is 6.29 Å². The summed E-state index contributed by atoms with van der Waals surface area (Å²) in [5.41, 5.74) is 0.686. The smallest absolute Gasteiger partial charge is 0.305 e. The molecule has 0 heterocycles. The number of hydrogen-bond acceptors (Lipinski definition) is 4. The summed E-state index contributed by atoms with van der Waals surface area (Å²) < 4.78 is 9.53. The van der Waals surface area contributed by atoms with Crippen LogP contribution in [0.15, 0.2) is 11.6 Å². The maximum Gasteiger partial charge on any atom is 0.305 e. The number of ether oxygens (including phenoxy) is 2. The zero-order valence-electron chi connectivity index (χ0n) is 8.29. The number of esters is 2. The van der Waals surface area contributed by atoms with Crippen LogP contribution < -0.4 is 0 Å². The Kier molecular flexibility index (Phi) is 4.80. The first-order valence-electron chi connectivity index (χ1n) is 3.94. The minimum absolute atomic E-state index is 0.479. The largest absolute Gasteiger partial charge is 0.421 e. The Hall–Kier alpha value is -1.32. The Balaban J connectivity index is 4.36. The summed E-state index contributed by atoms with van der Waals surface area (Å²) in [5, 5.41) is 0. The molecule has 0 aliphatic heterocycles. The van der Waals surface area contributed by atoms with Gasteiger partial charge in [-0.3, -0.25) is 9.59 Å². The predicted molar refractivity (Wildman–Crippen MR) is 46.8 cm³/mol. The normalized spacial score (nSPS) is 11.3. The molecule has 0 bridgehead atoms. The van der Waals surface area contributed by atoms with Crippen molar-refractivity contribution in [2.75, 3.05) is 0 Å². The summed E-state index contributed by atoms with van der Waals surface area (Å²) >= 11 is 0. The molecule has 0 atom stereocenters. The molecule has 0 aliphatic carbocycles. The zero-order chi connectivity index (χ0) is 10.4. The third-order valence-electron chi connectivity index (χ3n) is 1.37. The van der Waals surface area contributed by atoms with Gasteiger partial charge in [0.2, 0.25) is 0 Å². The van der Waals surface area contributed by atoms with Crippen LogP contribution in [-0.4, -0.2) is 18.2 Å². The van der Waals surface area contributed by atoms with Crippen molar-refractivity contribution in [3.8, 4) is 0 Å². The van der Waals surface area contributed by atoms with Crippen LogP contribution in [-0.2, 0) is 19.1 Å². The molecule has 74 valence electrons. The van der Waals surface area contributed by atoms with Crippen molar-refractivity contribution in [1.29, 1.82) is 0 Å². The van der Waals surface area contributed by atoms with Crippen molar-refractivity contribution >= 4 is 11.9 Å². The summed E-state index contributed by atoms with van der Waals surface area (Å²) in [6, 6.07) is 0. The molecular weight excluding hydrogens is 172 g/mol. The monoisotopic (exact) mass is 186 g/mol. The Morgan fingerprint density at radius 1 is 1.08 bits per heavy atom. The molecule has 0 aromatic carbocycles. The van der Waals surface area contributed by atoms with Crippen LogP contribution in [0.25, 0.3) is 0 Å². The van der Waals surface area contributed by atoms with E-state index in [2.05, 4.69) is 0 Å². The number of carbonyl (C=O) groups is 2. The van der Waals surface area contributed by atoms with Gasteiger partial charge in [-0.05, 0) is 13.8 Å². The van der Waals surface area contributed by atoms with Gasteiger partial charge in [-0.1, -0.05) is 6.08 Å². The van der Waals surface area contributed by atoms with Crippen LogP contribution in [0.1, 0.15) is 27.7 Å². The van der Waals surface area contributed by atoms with E-state index in [-0.39, 0.29) is 0 Å². The average Bonchev–Trinajstić information content (AvgIpc) is 2.00. The first kappa shape index (κ1) is 11.7. The van der Waals surface area contributed by atoms with Crippen LogP contribution in [0.2, 0.25) is 0 Å². The summed E-state index contributed by atoms with van der Waals surface area (Å²) in [4.78, 5) is 21.2. The van der Waals surface area contributed by atoms with Crippen molar-refractivity contribution in [3.05, 3.63) is 11.6 Å². The van der Waals surface area contributed by atoms with Gasteiger partial charge in [0, 0.05) is 19.4 Å². The van der Waals surface area contributed by atoms with Crippen molar-refractivity contribution in [3.63, 3.8) is 0 Å². The quantitative estimate of drug-likeness (QED) is 0.380. The molecule has 4 heteroatoms. The van der Waals surface area contributed by atoms with Gasteiger partial charge in [-0.15, -0.1) is 0 Å². The highest BCUT2D eigenvalue weighted by Gasteiger charge is 2.16. The van der Waals surface area contributed by atoms with E-state index in [9.17, 15) is 9.59 Å². The van der Waals surface area contributed by atoms with Crippen LogP contribution in [0.5, 0.6) is 0 Å². The lowest BCUT2D eigenvalue weighted by atomic mass is 10.3. The molecule has 0 unspecified atom stereocenters. The Bertz CT molecular complexity index is 214. The first-order valence-corrected chi connectivity index (χ1v) is 3.94. The molecule has 0 spiro atoms. The summed E-state index contributed by atoms with van der Waals surface area (Å²) in [5.74, 6) is -0.958. The summed E-state index contributed by atoms with van der Waals surface area (Å²) in [6.45, 7) is 6.02. The SMILES string of the molecule is C/C=C(\C)C(OC(C)=O)OC(C)=O. The van der Waals surface area contributed by atoms with Crippen LogP contribution in [0.4, 0.5) is 0 Å². The van der Waals surface area contributed by atoms with E-state index in [1.165, 1.54) is 13.8 Å². The van der Waals surface area contributed by atoms with E-state index in [1.54, 1.807) is 19.9 Å². The Morgan fingerprint density at radius 3 is 1.69 bits per heavy atom. The number of hydrogen-bond donors (Lipinski definition) is 0. The summed E-state index contributed by atoms with van der Waals surface area (Å²) in [6.07, 6.45) is 0.830. The lowest BCUT2D eigenvalue weighted by Gasteiger charge is -2.16. The van der Waals surface area contributed by atoms with Gasteiger partial charge < -0.3 is 9.47 Å². The molecule has 0 aromatic heterocycles. The van der Waals surface area contributed by atoms with Crippen molar-refractivity contribution in [2.45, 2.75) is 34.0 Å². The van der Waals surface area contributed by atoms with Crippen LogP contribution in [0, 0.1) is 0 Å². The highest BCUT2D eigenvalue weighted by atomic mass is 16.7. The molecule has 0 aliphatic rings. The minimum atomic E-state index is -0.889. The molecule has 0 saturated heterocycles. The van der Waals surface area contributed by atoms with Crippen molar-refractivity contribution in [1.82, 2.24) is 0 Å². The van der Waals surface area contributed by atoms with E-state index < -0.39 is 18.2 Å². The molecule has 0 radical (unpaired) electrons. The number of carbonyl (C=O) groups excluding carboxylic acids is 2. The fraction of sp³-hybridized carbons (Fsp3) is 0.556. The average molecular weight is 186 g/mol. The van der Waals surface area contributed by atoms with Gasteiger partial charge >= 0.3 is 11.9 Å². The molecular formula is C9H14O4. The number of allylic oxidation sites excluding steroid dienone is 1. The third kappa shape index (κ3) is 5.00. The molecule has 0 aromatic rings. The first-order chi connectivity index (χ1) is 5.97. The number of rotatable bonds is 3. The molecule has 0 rings (SSSR count). The molecule has 13 heavy (non-hydrogen) atoms. The lowest BCUT2D eigenvalue weighted by Crippen LogP contribution is -2.23. The maximum atomic E-state index is 10.6.